The number of hydrogen-bond donors (Lipinski definition) is 2. The van der Waals surface area contributed by atoms with Gasteiger partial charge in [0, 0.05) is 19.5 Å². The number of carbonyl (C=O) groups excluding carboxylic acids is 2. The topological polar surface area (TPSA) is 67.4 Å². The van der Waals surface area contributed by atoms with Crippen LogP contribution in [0.1, 0.15) is 72.6 Å². The summed E-state index contributed by atoms with van der Waals surface area (Å²) < 4.78 is 5.11. The Labute approximate surface area is 129 Å². The van der Waals surface area contributed by atoms with E-state index < -0.39 is 11.7 Å². The van der Waals surface area contributed by atoms with Crippen molar-refractivity contribution in [3.05, 3.63) is 0 Å². The molecule has 0 heterocycles. The number of carbonyl (C=O) groups is 2. The van der Waals surface area contributed by atoms with Crippen LogP contribution in [0.5, 0.6) is 0 Å². The van der Waals surface area contributed by atoms with E-state index in [0.29, 0.717) is 25.9 Å². The van der Waals surface area contributed by atoms with E-state index in [0.717, 1.165) is 12.8 Å². The molecule has 0 aliphatic carbocycles. The molecule has 5 heteroatoms. The molecule has 2 N–H and O–H groups in total. The first kappa shape index (κ1) is 19.7. The summed E-state index contributed by atoms with van der Waals surface area (Å²) in [6, 6.07) is 0. The summed E-state index contributed by atoms with van der Waals surface area (Å²) in [5.74, 6) is 0.101. The van der Waals surface area contributed by atoms with E-state index in [-0.39, 0.29) is 5.91 Å². The van der Waals surface area contributed by atoms with E-state index in [2.05, 4.69) is 17.6 Å². The average molecular weight is 300 g/mol. The first-order chi connectivity index (χ1) is 9.85. The number of hydrogen-bond acceptors (Lipinski definition) is 3. The molecule has 124 valence electrons. The molecule has 0 unspecified atom stereocenters. The second-order valence-electron chi connectivity index (χ2n) is 6.30. The quantitative estimate of drug-likeness (QED) is 0.608. The second-order valence-corrected chi connectivity index (χ2v) is 6.30. The van der Waals surface area contributed by atoms with Crippen LogP contribution >= 0.6 is 0 Å². The molecule has 0 saturated carbocycles. The van der Waals surface area contributed by atoms with Gasteiger partial charge in [-0.05, 0) is 33.6 Å². The Morgan fingerprint density at radius 3 is 2.14 bits per heavy atom. The third-order valence-electron chi connectivity index (χ3n) is 2.85. The monoisotopic (exact) mass is 300 g/mol. The summed E-state index contributed by atoms with van der Waals surface area (Å²) in [5.41, 5.74) is -0.476. The van der Waals surface area contributed by atoms with Crippen LogP contribution in [0.2, 0.25) is 0 Å². The molecule has 0 aromatic rings. The molecule has 0 rings (SSSR count). The SMILES string of the molecule is CCCCCCCC(=O)NCCCNC(=O)OC(C)(C)C. The lowest BCUT2D eigenvalue weighted by atomic mass is 10.1. The van der Waals surface area contributed by atoms with Crippen molar-refractivity contribution in [2.75, 3.05) is 13.1 Å². The van der Waals surface area contributed by atoms with Crippen LogP contribution in [0.4, 0.5) is 4.79 Å². The van der Waals surface area contributed by atoms with Crippen molar-refractivity contribution in [2.45, 2.75) is 78.2 Å². The molecule has 2 amide bonds. The summed E-state index contributed by atoms with van der Waals surface area (Å²) >= 11 is 0. The van der Waals surface area contributed by atoms with Gasteiger partial charge in [0.25, 0.3) is 0 Å². The highest BCUT2D eigenvalue weighted by atomic mass is 16.6. The number of unbranched alkanes of at least 4 members (excludes halogenated alkanes) is 4. The lowest BCUT2D eigenvalue weighted by Crippen LogP contribution is -2.34. The Bertz CT molecular complexity index is 298. The number of ether oxygens (including phenoxy) is 1. The summed E-state index contributed by atoms with van der Waals surface area (Å²) in [6.45, 7) is 8.75. The smallest absolute Gasteiger partial charge is 0.407 e. The van der Waals surface area contributed by atoms with Crippen molar-refractivity contribution in [1.82, 2.24) is 10.6 Å². The average Bonchev–Trinajstić information content (AvgIpc) is 2.36. The highest BCUT2D eigenvalue weighted by Crippen LogP contribution is 2.06. The predicted octanol–water partition coefficient (Wildman–Crippen LogP) is 3.38. The van der Waals surface area contributed by atoms with Crippen molar-refractivity contribution >= 4 is 12.0 Å². The maximum absolute atomic E-state index is 11.5. The van der Waals surface area contributed by atoms with E-state index in [1.54, 1.807) is 0 Å². The summed E-state index contributed by atoms with van der Waals surface area (Å²) in [5, 5.41) is 5.53. The summed E-state index contributed by atoms with van der Waals surface area (Å²) in [7, 11) is 0. The van der Waals surface area contributed by atoms with Crippen LogP contribution in [0.3, 0.4) is 0 Å². The first-order valence-electron chi connectivity index (χ1n) is 8.08. The third-order valence-corrected chi connectivity index (χ3v) is 2.85. The minimum Gasteiger partial charge on any atom is -0.444 e. The molecule has 0 spiro atoms. The largest absolute Gasteiger partial charge is 0.444 e. The first-order valence-corrected chi connectivity index (χ1v) is 8.08. The molecular formula is C16H32N2O3. The maximum atomic E-state index is 11.5. The fraction of sp³-hybridized carbons (Fsp3) is 0.875. The Morgan fingerprint density at radius 1 is 0.905 bits per heavy atom. The van der Waals surface area contributed by atoms with Crippen LogP contribution in [-0.4, -0.2) is 30.7 Å². The fourth-order valence-corrected chi connectivity index (χ4v) is 1.80. The molecule has 0 saturated heterocycles. The van der Waals surface area contributed by atoms with Crippen LogP contribution < -0.4 is 10.6 Å². The van der Waals surface area contributed by atoms with E-state index >= 15 is 0 Å². The molecule has 0 atom stereocenters. The van der Waals surface area contributed by atoms with Crippen molar-refractivity contribution in [3.8, 4) is 0 Å². The molecule has 0 bridgehead atoms. The van der Waals surface area contributed by atoms with Gasteiger partial charge in [0.05, 0.1) is 0 Å². The lowest BCUT2D eigenvalue weighted by molar-refractivity contribution is -0.121. The Hall–Kier alpha value is -1.26. The predicted molar refractivity (Wildman–Crippen MR) is 85.2 cm³/mol. The van der Waals surface area contributed by atoms with Crippen LogP contribution in [0, 0.1) is 0 Å². The summed E-state index contributed by atoms with van der Waals surface area (Å²) in [6.07, 6.45) is 6.66. The second kappa shape index (κ2) is 11.4. The zero-order valence-corrected chi connectivity index (χ0v) is 14.1. The zero-order valence-electron chi connectivity index (χ0n) is 14.1. The number of alkyl carbamates (subject to hydrolysis) is 1. The van der Waals surface area contributed by atoms with Gasteiger partial charge in [-0.1, -0.05) is 32.6 Å². The van der Waals surface area contributed by atoms with Crippen molar-refractivity contribution < 1.29 is 14.3 Å². The van der Waals surface area contributed by atoms with Gasteiger partial charge in [-0.15, -0.1) is 0 Å². The van der Waals surface area contributed by atoms with Crippen molar-refractivity contribution in [2.24, 2.45) is 0 Å². The number of nitrogens with one attached hydrogen (secondary N) is 2. The molecule has 0 aliphatic heterocycles. The van der Waals surface area contributed by atoms with Gasteiger partial charge in [-0.3, -0.25) is 4.79 Å². The Kier molecular flexibility index (Phi) is 10.7. The van der Waals surface area contributed by atoms with Gasteiger partial charge >= 0.3 is 6.09 Å². The fourth-order valence-electron chi connectivity index (χ4n) is 1.80. The minimum atomic E-state index is -0.476. The van der Waals surface area contributed by atoms with Crippen LogP contribution in [-0.2, 0) is 9.53 Å². The zero-order chi connectivity index (χ0) is 16.1. The van der Waals surface area contributed by atoms with Gasteiger partial charge in [0.1, 0.15) is 5.60 Å². The highest BCUT2D eigenvalue weighted by Gasteiger charge is 2.15. The minimum absolute atomic E-state index is 0.101. The van der Waals surface area contributed by atoms with E-state index in [1.165, 1.54) is 19.3 Å². The molecule has 21 heavy (non-hydrogen) atoms. The normalized spacial score (nSPS) is 11.0. The standard InChI is InChI=1S/C16H32N2O3/c1-5-6-7-8-9-11-14(19)17-12-10-13-18-15(20)21-16(2,3)4/h5-13H2,1-4H3,(H,17,19)(H,18,20). The number of rotatable bonds is 10. The van der Waals surface area contributed by atoms with Gasteiger partial charge < -0.3 is 15.4 Å². The molecule has 0 radical (unpaired) electrons. The van der Waals surface area contributed by atoms with Crippen molar-refractivity contribution in [1.29, 1.82) is 0 Å². The van der Waals surface area contributed by atoms with Crippen LogP contribution in [0.25, 0.3) is 0 Å². The van der Waals surface area contributed by atoms with Gasteiger partial charge in [-0.25, -0.2) is 4.79 Å². The van der Waals surface area contributed by atoms with E-state index in [9.17, 15) is 9.59 Å². The number of amides is 2. The third kappa shape index (κ3) is 15.0. The molecular weight excluding hydrogens is 268 g/mol. The van der Waals surface area contributed by atoms with Gasteiger partial charge in [0.2, 0.25) is 5.91 Å². The lowest BCUT2D eigenvalue weighted by Gasteiger charge is -2.19. The molecule has 0 fully saturated rings. The van der Waals surface area contributed by atoms with Gasteiger partial charge in [0.15, 0.2) is 0 Å². The van der Waals surface area contributed by atoms with E-state index in [1.807, 2.05) is 20.8 Å². The Morgan fingerprint density at radius 2 is 1.52 bits per heavy atom. The summed E-state index contributed by atoms with van der Waals surface area (Å²) in [4.78, 5) is 22.9. The molecule has 5 nitrogen and oxygen atoms in total. The van der Waals surface area contributed by atoms with Crippen molar-refractivity contribution in [3.63, 3.8) is 0 Å². The molecule has 0 aliphatic rings. The molecule has 0 aromatic carbocycles. The van der Waals surface area contributed by atoms with Crippen LogP contribution in [0.15, 0.2) is 0 Å². The van der Waals surface area contributed by atoms with Gasteiger partial charge in [-0.2, -0.15) is 0 Å². The molecule has 0 aromatic heterocycles. The van der Waals surface area contributed by atoms with E-state index in [4.69, 9.17) is 4.74 Å². The maximum Gasteiger partial charge on any atom is 0.407 e. The Balaban J connectivity index is 3.42. The highest BCUT2D eigenvalue weighted by molar-refractivity contribution is 5.75.